The SMILES string of the molecule is CC(C)C[C@H](CN)CC(=O)N1CCc2ccc(O)cc2C1. The Hall–Kier alpha value is -1.55. The van der Waals surface area contributed by atoms with Gasteiger partial charge in [-0.1, -0.05) is 19.9 Å². The molecule has 1 heterocycles. The summed E-state index contributed by atoms with van der Waals surface area (Å²) in [7, 11) is 0. The molecule has 0 saturated carbocycles. The molecule has 1 aliphatic rings. The summed E-state index contributed by atoms with van der Waals surface area (Å²) in [5.74, 6) is 1.27. The maximum atomic E-state index is 12.5. The molecule has 0 radical (unpaired) electrons. The molecule has 0 unspecified atom stereocenters. The molecule has 0 spiro atoms. The van der Waals surface area contributed by atoms with Crippen molar-refractivity contribution in [1.29, 1.82) is 0 Å². The summed E-state index contributed by atoms with van der Waals surface area (Å²) < 4.78 is 0. The highest BCUT2D eigenvalue weighted by molar-refractivity contribution is 5.76. The summed E-state index contributed by atoms with van der Waals surface area (Å²) in [6, 6.07) is 5.43. The van der Waals surface area contributed by atoms with E-state index in [4.69, 9.17) is 5.73 Å². The normalized spacial score (nSPS) is 15.9. The molecule has 1 atom stereocenters. The number of nitrogens with two attached hydrogens (primary N) is 1. The smallest absolute Gasteiger partial charge is 0.223 e. The molecule has 0 aromatic heterocycles. The van der Waals surface area contributed by atoms with E-state index in [0.717, 1.165) is 24.9 Å². The maximum absolute atomic E-state index is 12.5. The van der Waals surface area contributed by atoms with Crippen LogP contribution < -0.4 is 5.73 Å². The van der Waals surface area contributed by atoms with Crippen LogP contribution in [-0.2, 0) is 17.8 Å². The van der Waals surface area contributed by atoms with Crippen molar-refractivity contribution in [2.24, 2.45) is 17.6 Å². The van der Waals surface area contributed by atoms with E-state index < -0.39 is 0 Å². The topological polar surface area (TPSA) is 66.6 Å². The molecule has 1 aromatic carbocycles. The standard InChI is InChI=1S/C17H26N2O2/c1-12(2)7-13(10-18)8-17(21)19-6-5-14-3-4-16(20)9-15(14)11-19/h3-4,9,12-13,20H,5-8,10-11,18H2,1-2H3/t13-/m0/s1. The molecule has 0 bridgehead atoms. The molecule has 3 N–H and O–H groups in total. The van der Waals surface area contributed by atoms with Gasteiger partial charge in [-0.2, -0.15) is 0 Å². The quantitative estimate of drug-likeness (QED) is 0.874. The van der Waals surface area contributed by atoms with E-state index in [1.54, 1.807) is 12.1 Å². The van der Waals surface area contributed by atoms with E-state index >= 15 is 0 Å². The van der Waals surface area contributed by atoms with Gasteiger partial charge in [-0.05, 0) is 54.5 Å². The number of hydrogen-bond acceptors (Lipinski definition) is 3. The van der Waals surface area contributed by atoms with Crippen LogP contribution in [0.1, 0.15) is 37.8 Å². The monoisotopic (exact) mass is 290 g/mol. The molecule has 21 heavy (non-hydrogen) atoms. The number of amides is 1. The van der Waals surface area contributed by atoms with Gasteiger partial charge < -0.3 is 15.7 Å². The third-order valence-corrected chi connectivity index (χ3v) is 4.16. The average Bonchev–Trinajstić information content (AvgIpc) is 2.45. The van der Waals surface area contributed by atoms with Crippen LogP contribution in [0.5, 0.6) is 5.75 Å². The second kappa shape index (κ2) is 6.94. The Kier molecular flexibility index (Phi) is 5.23. The number of fused-ring (bicyclic) bond motifs is 1. The van der Waals surface area contributed by atoms with E-state index in [2.05, 4.69) is 13.8 Å². The van der Waals surface area contributed by atoms with Crippen LogP contribution in [0, 0.1) is 11.8 Å². The van der Waals surface area contributed by atoms with Gasteiger partial charge in [0.25, 0.3) is 0 Å². The van der Waals surface area contributed by atoms with Crippen molar-refractivity contribution in [3.8, 4) is 5.75 Å². The minimum absolute atomic E-state index is 0.181. The van der Waals surface area contributed by atoms with Gasteiger partial charge in [0.1, 0.15) is 5.75 Å². The number of rotatable bonds is 5. The van der Waals surface area contributed by atoms with Crippen molar-refractivity contribution in [3.63, 3.8) is 0 Å². The van der Waals surface area contributed by atoms with Crippen LogP contribution in [0.3, 0.4) is 0 Å². The fourth-order valence-electron chi connectivity index (χ4n) is 3.06. The summed E-state index contributed by atoms with van der Waals surface area (Å²) in [6.07, 6.45) is 2.38. The lowest BCUT2D eigenvalue weighted by Gasteiger charge is -2.30. The predicted octanol–water partition coefficient (Wildman–Crippen LogP) is 2.29. The molecule has 1 aromatic rings. The first-order chi connectivity index (χ1) is 9.99. The highest BCUT2D eigenvalue weighted by Gasteiger charge is 2.23. The molecule has 2 rings (SSSR count). The van der Waals surface area contributed by atoms with Gasteiger partial charge in [-0.25, -0.2) is 0 Å². The Morgan fingerprint density at radius 2 is 2.14 bits per heavy atom. The van der Waals surface area contributed by atoms with E-state index in [1.165, 1.54) is 5.56 Å². The molecule has 4 heteroatoms. The zero-order valence-corrected chi connectivity index (χ0v) is 13.0. The van der Waals surface area contributed by atoms with Gasteiger partial charge in [-0.3, -0.25) is 4.79 Å². The predicted molar refractivity (Wildman–Crippen MR) is 83.8 cm³/mol. The summed E-state index contributed by atoms with van der Waals surface area (Å²) in [5, 5.41) is 9.58. The number of carbonyl (C=O) groups excluding carboxylic acids is 1. The number of phenols is 1. The first-order valence-corrected chi connectivity index (χ1v) is 7.78. The van der Waals surface area contributed by atoms with E-state index in [-0.39, 0.29) is 17.6 Å². The second-order valence-electron chi connectivity index (χ2n) is 6.45. The zero-order valence-electron chi connectivity index (χ0n) is 13.0. The van der Waals surface area contributed by atoms with E-state index in [1.807, 2.05) is 11.0 Å². The number of phenolic OH excluding ortho intramolecular Hbond substituents is 1. The summed E-state index contributed by atoms with van der Waals surface area (Å²) in [6.45, 7) is 6.24. The van der Waals surface area contributed by atoms with Gasteiger partial charge >= 0.3 is 0 Å². The van der Waals surface area contributed by atoms with Crippen LogP contribution in [-0.4, -0.2) is 29.0 Å². The minimum Gasteiger partial charge on any atom is -0.508 e. The number of carbonyl (C=O) groups is 1. The van der Waals surface area contributed by atoms with Crippen LogP contribution in [0.2, 0.25) is 0 Å². The number of aromatic hydroxyl groups is 1. The number of nitrogens with zero attached hydrogens (tertiary/aromatic N) is 1. The molecule has 0 aliphatic carbocycles. The van der Waals surface area contributed by atoms with Crippen molar-refractivity contribution in [2.75, 3.05) is 13.1 Å². The van der Waals surface area contributed by atoms with Crippen LogP contribution in [0.25, 0.3) is 0 Å². The Morgan fingerprint density at radius 3 is 2.81 bits per heavy atom. The van der Waals surface area contributed by atoms with Crippen molar-refractivity contribution in [2.45, 2.75) is 39.7 Å². The first-order valence-electron chi connectivity index (χ1n) is 7.78. The Morgan fingerprint density at radius 1 is 1.38 bits per heavy atom. The molecule has 0 fully saturated rings. The average molecular weight is 290 g/mol. The Balaban J connectivity index is 1.98. The van der Waals surface area contributed by atoms with Gasteiger partial charge in [0, 0.05) is 19.5 Å². The van der Waals surface area contributed by atoms with Crippen molar-refractivity contribution in [1.82, 2.24) is 4.90 Å². The van der Waals surface area contributed by atoms with Crippen LogP contribution in [0.15, 0.2) is 18.2 Å². The Bertz CT molecular complexity index is 500. The first kappa shape index (κ1) is 15.8. The molecular weight excluding hydrogens is 264 g/mol. The fraction of sp³-hybridized carbons (Fsp3) is 0.588. The molecule has 4 nitrogen and oxygen atoms in total. The van der Waals surface area contributed by atoms with Gasteiger partial charge in [0.2, 0.25) is 5.91 Å². The summed E-state index contributed by atoms with van der Waals surface area (Å²) in [5.41, 5.74) is 8.08. The summed E-state index contributed by atoms with van der Waals surface area (Å²) >= 11 is 0. The molecule has 1 aliphatic heterocycles. The third-order valence-electron chi connectivity index (χ3n) is 4.16. The zero-order chi connectivity index (χ0) is 15.4. The fourth-order valence-corrected chi connectivity index (χ4v) is 3.06. The second-order valence-corrected chi connectivity index (χ2v) is 6.45. The van der Waals surface area contributed by atoms with E-state index in [9.17, 15) is 9.90 Å². The summed E-state index contributed by atoms with van der Waals surface area (Å²) in [4.78, 5) is 14.3. The molecule has 1 amide bonds. The lowest BCUT2D eigenvalue weighted by molar-refractivity contribution is -0.133. The third kappa shape index (κ3) is 4.21. The largest absolute Gasteiger partial charge is 0.508 e. The number of hydrogen-bond donors (Lipinski definition) is 2. The van der Waals surface area contributed by atoms with Gasteiger partial charge in [0.15, 0.2) is 0 Å². The molecule has 0 saturated heterocycles. The molecular formula is C17H26N2O2. The minimum atomic E-state index is 0.181. The lowest BCUT2D eigenvalue weighted by Crippen LogP contribution is -2.37. The van der Waals surface area contributed by atoms with Crippen LogP contribution >= 0.6 is 0 Å². The maximum Gasteiger partial charge on any atom is 0.223 e. The highest BCUT2D eigenvalue weighted by atomic mass is 16.3. The lowest BCUT2D eigenvalue weighted by atomic mass is 9.93. The van der Waals surface area contributed by atoms with Gasteiger partial charge in [0.05, 0.1) is 0 Å². The van der Waals surface area contributed by atoms with E-state index in [0.29, 0.717) is 25.4 Å². The Labute approximate surface area is 126 Å². The highest BCUT2D eigenvalue weighted by Crippen LogP contribution is 2.24. The number of benzene rings is 1. The van der Waals surface area contributed by atoms with Crippen molar-refractivity contribution >= 4 is 5.91 Å². The van der Waals surface area contributed by atoms with Crippen molar-refractivity contribution < 1.29 is 9.90 Å². The van der Waals surface area contributed by atoms with Gasteiger partial charge in [-0.15, -0.1) is 0 Å². The van der Waals surface area contributed by atoms with Crippen LogP contribution in [0.4, 0.5) is 0 Å². The van der Waals surface area contributed by atoms with Crippen molar-refractivity contribution in [3.05, 3.63) is 29.3 Å². The molecule has 116 valence electrons.